The first-order chi connectivity index (χ1) is 6.63. The molecule has 0 atom stereocenters. The fourth-order valence-corrected chi connectivity index (χ4v) is 1.23. The molecule has 0 radical (unpaired) electrons. The minimum absolute atomic E-state index is 0.292. The summed E-state index contributed by atoms with van der Waals surface area (Å²) in [4.78, 5) is 10.8. The van der Waals surface area contributed by atoms with Crippen LogP contribution >= 0.6 is 0 Å². The van der Waals surface area contributed by atoms with Gasteiger partial charge in [-0.15, -0.1) is 0 Å². The summed E-state index contributed by atoms with van der Waals surface area (Å²) in [5.41, 5.74) is 2.08. The van der Waals surface area contributed by atoms with Crippen LogP contribution in [0.2, 0.25) is 0 Å². The molecule has 1 rings (SSSR count). The topological polar surface area (TPSA) is 26.3 Å². The maximum absolute atomic E-state index is 10.8. The third-order valence-electron chi connectivity index (χ3n) is 1.77. The average molecular weight is 190 g/mol. The molecule has 74 valence electrons. The molecule has 0 saturated heterocycles. The number of esters is 1. The van der Waals surface area contributed by atoms with Gasteiger partial charge < -0.3 is 4.74 Å². The van der Waals surface area contributed by atoms with Crippen molar-refractivity contribution in [3.05, 3.63) is 35.4 Å². The lowest BCUT2D eigenvalue weighted by Gasteiger charge is -2.06. The van der Waals surface area contributed by atoms with Gasteiger partial charge in [0.1, 0.15) is 5.75 Å². The number of hydrogen-bond donors (Lipinski definition) is 0. The van der Waals surface area contributed by atoms with Gasteiger partial charge in [-0.3, -0.25) is 4.79 Å². The predicted molar refractivity (Wildman–Crippen MR) is 57.2 cm³/mol. The number of benzene rings is 1. The van der Waals surface area contributed by atoms with Crippen molar-refractivity contribution in [2.24, 2.45) is 0 Å². The lowest BCUT2D eigenvalue weighted by Crippen LogP contribution is -2.02. The van der Waals surface area contributed by atoms with Crippen LogP contribution in [0.1, 0.15) is 25.0 Å². The Labute approximate surface area is 84.2 Å². The standard InChI is InChI=1S/C12H14O2/c1-4-5-11-8-9(2)6-7-12(11)14-10(3)13/h4-8H,1-3H3/b5-4+. The molecule has 0 bridgehead atoms. The van der Waals surface area contributed by atoms with Crippen LogP contribution in [0.3, 0.4) is 0 Å². The fourth-order valence-electron chi connectivity index (χ4n) is 1.23. The molecule has 0 aliphatic heterocycles. The van der Waals surface area contributed by atoms with Crippen LogP contribution in [0, 0.1) is 6.92 Å². The van der Waals surface area contributed by atoms with Crippen LogP contribution in [0.4, 0.5) is 0 Å². The highest BCUT2D eigenvalue weighted by Gasteiger charge is 2.03. The minimum Gasteiger partial charge on any atom is -0.426 e. The molecule has 0 fully saturated rings. The van der Waals surface area contributed by atoms with E-state index in [1.807, 2.05) is 44.2 Å². The normalized spacial score (nSPS) is 10.5. The Morgan fingerprint density at radius 2 is 2.14 bits per heavy atom. The van der Waals surface area contributed by atoms with Gasteiger partial charge >= 0.3 is 5.97 Å². The Morgan fingerprint density at radius 3 is 2.71 bits per heavy atom. The van der Waals surface area contributed by atoms with Crippen LogP contribution in [0.25, 0.3) is 6.08 Å². The van der Waals surface area contributed by atoms with Gasteiger partial charge in [0.15, 0.2) is 0 Å². The summed E-state index contributed by atoms with van der Waals surface area (Å²) in [6.07, 6.45) is 3.84. The van der Waals surface area contributed by atoms with Gasteiger partial charge in [-0.1, -0.05) is 23.8 Å². The number of hydrogen-bond acceptors (Lipinski definition) is 2. The van der Waals surface area contributed by atoms with E-state index in [0.717, 1.165) is 11.1 Å². The summed E-state index contributed by atoms with van der Waals surface area (Å²) in [5.74, 6) is 0.320. The molecule has 0 spiro atoms. The van der Waals surface area contributed by atoms with Crippen LogP contribution in [-0.4, -0.2) is 5.97 Å². The number of carbonyl (C=O) groups excluding carboxylic acids is 1. The number of carbonyl (C=O) groups is 1. The Bertz CT molecular complexity index is 365. The molecule has 0 aromatic heterocycles. The molecular formula is C12H14O2. The molecule has 1 aromatic rings. The van der Waals surface area contributed by atoms with E-state index in [0.29, 0.717) is 5.75 Å². The summed E-state index contributed by atoms with van der Waals surface area (Å²) in [7, 11) is 0. The van der Waals surface area contributed by atoms with Crippen LogP contribution in [0.5, 0.6) is 5.75 Å². The molecule has 2 nitrogen and oxygen atoms in total. The zero-order valence-electron chi connectivity index (χ0n) is 8.70. The maximum atomic E-state index is 10.8. The van der Waals surface area contributed by atoms with E-state index < -0.39 is 0 Å². The van der Waals surface area contributed by atoms with Gasteiger partial charge in [-0.2, -0.15) is 0 Å². The second-order valence-corrected chi connectivity index (χ2v) is 3.13. The molecular weight excluding hydrogens is 176 g/mol. The van der Waals surface area contributed by atoms with Crippen molar-refractivity contribution in [2.45, 2.75) is 20.8 Å². The van der Waals surface area contributed by atoms with Gasteiger partial charge in [-0.25, -0.2) is 0 Å². The van der Waals surface area contributed by atoms with E-state index in [4.69, 9.17) is 4.74 Å². The van der Waals surface area contributed by atoms with Gasteiger partial charge in [0.05, 0.1) is 0 Å². The van der Waals surface area contributed by atoms with Crippen molar-refractivity contribution < 1.29 is 9.53 Å². The van der Waals surface area contributed by atoms with Gasteiger partial charge in [-0.05, 0) is 26.0 Å². The number of ether oxygens (including phenoxy) is 1. The Hall–Kier alpha value is -1.57. The van der Waals surface area contributed by atoms with E-state index in [1.54, 1.807) is 0 Å². The van der Waals surface area contributed by atoms with E-state index in [2.05, 4.69) is 0 Å². The summed E-state index contributed by atoms with van der Waals surface area (Å²) in [5, 5.41) is 0. The summed E-state index contributed by atoms with van der Waals surface area (Å²) in [6, 6.07) is 5.72. The van der Waals surface area contributed by atoms with Crippen molar-refractivity contribution in [1.82, 2.24) is 0 Å². The first kappa shape index (κ1) is 10.5. The summed E-state index contributed by atoms with van der Waals surface area (Å²) < 4.78 is 5.06. The SMILES string of the molecule is C/C=C/c1cc(C)ccc1OC(C)=O. The predicted octanol–water partition coefficient (Wildman–Crippen LogP) is 2.95. The summed E-state index contributed by atoms with van der Waals surface area (Å²) >= 11 is 0. The highest BCUT2D eigenvalue weighted by atomic mass is 16.5. The van der Waals surface area contributed by atoms with E-state index >= 15 is 0 Å². The lowest BCUT2D eigenvalue weighted by atomic mass is 10.1. The quantitative estimate of drug-likeness (QED) is 0.529. The smallest absolute Gasteiger partial charge is 0.308 e. The van der Waals surface area contributed by atoms with Crippen molar-refractivity contribution in [1.29, 1.82) is 0 Å². The van der Waals surface area contributed by atoms with E-state index in [9.17, 15) is 4.79 Å². The van der Waals surface area contributed by atoms with Crippen molar-refractivity contribution in [3.63, 3.8) is 0 Å². The first-order valence-electron chi connectivity index (χ1n) is 4.55. The van der Waals surface area contributed by atoms with Crippen molar-refractivity contribution >= 4 is 12.0 Å². The van der Waals surface area contributed by atoms with Crippen molar-refractivity contribution in [3.8, 4) is 5.75 Å². The molecule has 1 aromatic carbocycles. The molecule has 0 heterocycles. The minimum atomic E-state index is -0.292. The molecule has 0 aliphatic rings. The van der Waals surface area contributed by atoms with E-state index in [1.165, 1.54) is 6.92 Å². The van der Waals surface area contributed by atoms with Gasteiger partial charge in [0, 0.05) is 12.5 Å². The zero-order valence-corrected chi connectivity index (χ0v) is 8.70. The molecule has 0 amide bonds. The summed E-state index contributed by atoms with van der Waals surface area (Å²) in [6.45, 7) is 5.34. The fraction of sp³-hybridized carbons (Fsp3) is 0.250. The van der Waals surface area contributed by atoms with Gasteiger partial charge in [0.2, 0.25) is 0 Å². The molecule has 0 N–H and O–H groups in total. The van der Waals surface area contributed by atoms with Crippen molar-refractivity contribution in [2.75, 3.05) is 0 Å². The average Bonchev–Trinajstić information content (AvgIpc) is 2.09. The first-order valence-corrected chi connectivity index (χ1v) is 4.55. The Balaban J connectivity index is 3.07. The zero-order chi connectivity index (χ0) is 10.6. The van der Waals surface area contributed by atoms with Crippen LogP contribution < -0.4 is 4.74 Å². The number of aryl methyl sites for hydroxylation is 1. The molecule has 0 saturated carbocycles. The largest absolute Gasteiger partial charge is 0.426 e. The van der Waals surface area contributed by atoms with Gasteiger partial charge in [0.25, 0.3) is 0 Å². The van der Waals surface area contributed by atoms with Crippen LogP contribution in [-0.2, 0) is 4.79 Å². The molecule has 2 heteroatoms. The highest BCUT2D eigenvalue weighted by Crippen LogP contribution is 2.21. The monoisotopic (exact) mass is 190 g/mol. The Morgan fingerprint density at radius 1 is 1.43 bits per heavy atom. The molecule has 0 unspecified atom stereocenters. The van der Waals surface area contributed by atoms with E-state index in [-0.39, 0.29) is 5.97 Å². The third kappa shape index (κ3) is 2.73. The number of allylic oxidation sites excluding steroid dienone is 1. The lowest BCUT2D eigenvalue weighted by molar-refractivity contribution is -0.131. The number of rotatable bonds is 2. The highest BCUT2D eigenvalue weighted by molar-refractivity contribution is 5.72. The molecule has 14 heavy (non-hydrogen) atoms. The second-order valence-electron chi connectivity index (χ2n) is 3.13. The van der Waals surface area contributed by atoms with Crippen LogP contribution in [0.15, 0.2) is 24.3 Å². The second kappa shape index (κ2) is 4.61. The molecule has 0 aliphatic carbocycles. The third-order valence-corrected chi connectivity index (χ3v) is 1.77. The Kier molecular flexibility index (Phi) is 3.46. The maximum Gasteiger partial charge on any atom is 0.308 e.